The summed E-state index contributed by atoms with van der Waals surface area (Å²) in [7, 11) is 0. The van der Waals surface area contributed by atoms with Gasteiger partial charge >= 0.3 is 0 Å². The second-order valence-electron chi connectivity index (χ2n) is 2.19. The van der Waals surface area contributed by atoms with Crippen molar-refractivity contribution in [3.05, 3.63) is 0 Å². The molecule has 0 bridgehead atoms. The third kappa shape index (κ3) is 5.47. The molecule has 0 heterocycles. The maximum Gasteiger partial charge on any atom is 0.122 e. The van der Waals surface area contributed by atoms with Crippen molar-refractivity contribution >= 4 is 5.71 Å². The van der Waals surface area contributed by atoms with E-state index in [2.05, 4.69) is 5.16 Å². The highest BCUT2D eigenvalue weighted by atomic mass is 16.6. The summed E-state index contributed by atoms with van der Waals surface area (Å²) in [6.07, 6.45) is 0.199. The van der Waals surface area contributed by atoms with Crippen LogP contribution in [-0.2, 0) is 4.84 Å². The molecule has 0 unspecified atom stereocenters. The Morgan fingerprint density at radius 2 is 1.88 bits per heavy atom. The molecule has 0 aliphatic heterocycles. The lowest BCUT2D eigenvalue weighted by atomic mass is 10.5. The molecule has 2 nitrogen and oxygen atoms in total. The average molecular weight is 115 g/mol. The zero-order valence-corrected chi connectivity index (χ0v) is 5.93. The molecule has 0 aromatic heterocycles. The molecule has 0 aromatic carbocycles. The fourth-order valence-corrected chi connectivity index (χ4v) is 0.211. The molecule has 0 N–H and O–H groups in total. The largest absolute Gasteiger partial charge is 0.393 e. The summed E-state index contributed by atoms with van der Waals surface area (Å²) in [6.45, 7) is 7.71. The van der Waals surface area contributed by atoms with E-state index in [4.69, 9.17) is 4.84 Å². The highest BCUT2D eigenvalue weighted by Crippen LogP contribution is 1.87. The van der Waals surface area contributed by atoms with Crippen LogP contribution in [0.15, 0.2) is 5.16 Å². The zero-order valence-electron chi connectivity index (χ0n) is 5.93. The van der Waals surface area contributed by atoms with Crippen LogP contribution in [0.2, 0.25) is 0 Å². The predicted molar refractivity (Wildman–Crippen MR) is 35.0 cm³/mol. The van der Waals surface area contributed by atoms with Crippen LogP contribution in [0, 0.1) is 0 Å². The van der Waals surface area contributed by atoms with Gasteiger partial charge < -0.3 is 4.84 Å². The molecule has 0 saturated heterocycles. The summed E-state index contributed by atoms with van der Waals surface area (Å²) in [5.41, 5.74) is 0.957. The first kappa shape index (κ1) is 7.47. The SMILES string of the molecule is CC(C)=NOC(C)C. The summed E-state index contributed by atoms with van der Waals surface area (Å²) in [5.74, 6) is 0. The van der Waals surface area contributed by atoms with Gasteiger partial charge in [0.2, 0.25) is 0 Å². The van der Waals surface area contributed by atoms with E-state index in [0.29, 0.717) is 0 Å². The van der Waals surface area contributed by atoms with E-state index in [1.54, 1.807) is 0 Å². The Bertz CT molecular complexity index is 82.5. The maximum absolute atomic E-state index is 4.89. The smallest absolute Gasteiger partial charge is 0.122 e. The lowest BCUT2D eigenvalue weighted by molar-refractivity contribution is 0.0857. The fraction of sp³-hybridized carbons (Fsp3) is 0.833. The van der Waals surface area contributed by atoms with Crippen LogP contribution in [0.1, 0.15) is 27.7 Å². The normalized spacial score (nSPS) is 9.12. The second kappa shape index (κ2) is 3.47. The first-order valence-corrected chi connectivity index (χ1v) is 2.80. The molecule has 0 aliphatic carbocycles. The van der Waals surface area contributed by atoms with E-state index in [1.807, 2.05) is 27.7 Å². The molecule has 48 valence electrons. The lowest BCUT2D eigenvalue weighted by Gasteiger charge is -2.00. The zero-order chi connectivity index (χ0) is 6.57. The Balaban J connectivity index is 3.29. The van der Waals surface area contributed by atoms with Crippen LogP contribution in [0.3, 0.4) is 0 Å². The molecule has 2 heteroatoms. The molecule has 0 amide bonds. The van der Waals surface area contributed by atoms with Gasteiger partial charge in [0.1, 0.15) is 6.10 Å². The predicted octanol–water partition coefficient (Wildman–Crippen LogP) is 1.81. The second-order valence-corrected chi connectivity index (χ2v) is 2.19. The van der Waals surface area contributed by atoms with E-state index in [0.717, 1.165) is 5.71 Å². The van der Waals surface area contributed by atoms with Crippen molar-refractivity contribution in [3.63, 3.8) is 0 Å². The van der Waals surface area contributed by atoms with Crippen LogP contribution in [-0.4, -0.2) is 11.8 Å². The standard InChI is InChI=1S/C6H13NO/c1-5(2)7-8-6(3)4/h6H,1-4H3. The van der Waals surface area contributed by atoms with Crippen LogP contribution >= 0.6 is 0 Å². The van der Waals surface area contributed by atoms with Crippen molar-refractivity contribution in [2.75, 3.05) is 0 Å². The topological polar surface area (TPSA) is 21.6 Å². The molecule has 0 aliphatic rings. The van der Waals surface area contributed by atoms with E-state index in [9.17, 15) is 0 Å². The van der Waals surface area contributed by atoms with Crippen molar-refractivity contribution in [3.8, 4) is 0 Å². The van der Waals surface area contributed by atoms with Gasteiger partial charge in [-0.3, -0.25) is 0 Å². The molecular weight excluding hydrogens is 102 g/mol. The van der Waals surface area contributed by atoms with Crippen molar-refractivity contribution in [2.45, 2.75) is 33.8 Å². The number of rotatable bonds is 2. The van der Waals surface area contributed by atoms with E-state index in [-0.39, 0.29) is 6.10 Å². The summed E-state index contributed by atoms with van der Waals surface area (Å²) < 4.78 is 0. The summed E-state index contributed by atoms with van der Waals surface area (Å²) in [6, 6.07) is 0. The molecule has 0 fully saturated rings. The summed E-state index contributed by atoms with van der Waals surface area (Å²) in [5, 5.41) is 3.74. The molecule has 0 spiro atoms. The van der Waals surface area contributed by atoms with Gasteiger partial charge in [0.05, 0.1) is 5.71 Å². The average Bonchev–Trinajstić information content (AvgIpc) is 1.61. The van der Waals surface area contributed by atoms with Crippen LogP contribution < -0.4 is 0 Å². The van der Waals surface area contributed by atoms with Crippen molar-refractivity contribution in [1.29, 1.82) is 0 Å². The first-order valence-electron chi connectivity index (χ1n) is 2.80. The minimum absolute atomic E-state index is 0.199. The highest BCUT2D eigenvalue weighted by Gasteiger charge is 1.86. The van der Waals surface area contributed by atoms with Crippen LogP contribution in [0.5, 0.6) is 0 Å². The highest BCUT2D eigenvalue weighted by molar-refractivity contribution is 5.78. The number of hydrogen-bond acceptors (Lipinski definition) is 2. The van der Waals surface area contributed by atoms with Gasteiger partial charge in [0.15, 0.2) is 0 Å². The maximum atomic E-state index is 4.89. The minimum Gasteiger partial charge on any atom is -0.393 e. The third-order valence-electron chi connectivity index (χ3n) is 0.446. The van der Waals surface area contributed by atoms with Gasteiger partial charge in [0, 0.05) is 0 Å². The molecule has 0 atom stereocenters. The van der Waals surface area contributed by atoms with Crippen molar-refractivity contribution in [1.82, 2.24) is 0 Å². The number of hydrogen-bond donors (Lipinski definition) is 0. The third-order valence-corrected chi connectivity index (χ3v) is 0.446. The van der Waals surface area contributed by atoms with Gasteiger partial charge in [-0.1, -0.05) is 5.16 Å². The quantitative estimate of drug-likeness (QED) is 0.397. The van der Waals surface area contributed by atoms with Crippen molar-refractivity contribution < 1.29 is 4.84 Å². The number of oxime groups is 1. The molecule has 0 radical (unpaired) electrons. The van der Waals surface area contributed by atoms with E-state index >= 15 is 0 Å². The molecule has 0 saturated carbocycles. The Kier molecular flexibility index (Phi) is 3.24. The first-order chi connectivity index (χ1) is 3.63. The number of nitrogens with zero attached hydrogens (tertiary/aromatic N) is 1. The summed E-state index contributed by atoms with van der Waals surface area (Å²) >= 11 is 0. The van der Waals surface area contributed by atoms with Gasteiger partial charge in [-0.25, -0.2) is 0 Å². The van der Waals surface area contributed by atoms with Crippen LogP contribution in [0.25, 0.3) is 0 Å². The Labute approximate surface area is 50.5 Å². The molecule has 8 heavy (non-hydrogen) atoms. The fourth-order valence-electron chi connectivity index (χ4n) is 0.211. The Morgan fingerprint density at radius 3 is 2.00 bits per heavy atom. The van der Waals surface area contributed by atoms with Gasteiger partial charge in [-0.2, -0.15) is 0 Å². The summed E-state index contributed by atoms with van der Waals surface area (Å²) in [4.78, 5) is 4.89. The van der Waals surface area contributed by atoms with Crippen LogP contribution in [0.4, 0.5) is 0 Å². The lowest BCUT2D eigenvalue weighted by Crippen LogP contribution is -1.97. The van der Waals surface area contributed by atoms with Gasteiger partial charge in [0.25, 0.3) is 0 Å². The minimum atomic E-state index is 0.199. The molecule has 0 aromatic rings. The van der Waals surface area contributed by atoms with E-state index in [1.165, 1.54) is 0 Å². The van der Waals surface area contributed by atoms with Gasteiger partial charge in [-0.05, 0) is 27.7 Å². The molecular formula is C6H13NO. The van der Waals surface area contributed by atoms with Crippen molar-refractivity contribution in [2.24, 2.45) is 5.16 Å². The van der Waals surface area contributed by atoms with Gasteiger partial charge in [-0.15, -0.1) is 0 Å². The van der Waals surface area contributed by atoms with E-state index < -0.39 is 0 Å². The Morgan fingerprint density at radius 1 is 1.38 bits per heavy atom. The monoisotopic (exact) mass is 115 g/mol. The molecule has 0 rings (SSSR count). The Hall–Kier alpha value is -0.530.